The summed E-state index contributed by atoms with van der Waals surface area (Å²) in [6.07, 6.45) is 3.27. The van der Waals surface area contributed by atoms with Crippen LogP contribution in [0.3, 0.4) is 0 Å². The predicted octanol–water partition coefficient (Wildman–Crippen LogP) is 1.02. The Labute approximate surface area is 67.8 Å². The normalized spacial score (nSPS) is 9.91. The molecule has 0 aromatic carbocycles. The molecule has 1 aromatic rings. The Bertz CT molecular complexity index is 282. The number of aromatic amines is 1. The summed E-state index contributed by atoms with van der Waals surface area (Å²) in [6.45, 7) is 0. The van der Waals surface area contributed by atoms with E-state index in [4.69, 9.17) is 10.8 Å². The van der Waals surface area contributed by atoms with Gasteiger partial charge in [-0.1, -0.05) is 0 Å². The highest BCUT2D eigenvalue weighted by Gasteiger charge is 2.13. The Balaban J connectivity index is 3.15. The summed E-state index contributed by atoms with van der Waals surface area (Å²) in [5.41, 5.74) is 6.12. The maximum atomic E-state index is 10.5. The van der Waals surface area contributed by atoms with Crippen LogP contribution in [0.2, 0.25) is 0 Å². The van der Waals surface area contributed by atoms with Gasteiger partial charge in [0, 0.05) is 6.20 Å². The van der Waals surface area contributed by atoms with E-state index in [0.717, 1.165) is 0 Å². The number of anilines is 1. The van der Waals surface area contributed by atoms with Crippen LogP contribution in [0.25, 0.3) is 0 Å². The third kappa shape index (κ3) is 1.32. The lowest BCUT2D eigenvalue weighted by atomic mass is 10.4. The molecule has 0 aliphatic carbocycles. The molecule has 0 aliphatic heterocycles. The average molecular weight is 172 g/mol. The third-order valence-corrected chi connectivity index (χ3v) is 2.13. The molecule has 1 aromatic heterocycles. The number of hydrogen-bond donors (Lipinski definition) is 3. The topological polar surface area (TPSA) is 79.1 Å². The summed E-state index contributed by atoms with van der Waals surface area (Å²) in [6, 6.07) is 0. The number of H-pyrrole nitrogens is 1. The Morgan fingerprint density at radius 3 is 2.82 bits per heavy atom. The SMILES string of the molecule is CSc1c(N)c[nH]c1C(=O)O. The quantitative estimate of drug-likeness (QED) is 0.582. The van der Waals surface area contributed by atoms with Crippen LogP contribution >= 0.6 is 11.8 Å². The Hall–Kier alpha value is -1.10. The van der Waals surface area contributed by atoms with Gasteiger partial charge in [-0.2, -0.15) is 0 Å². The lowest BCUT2D eigenvalue weighted by molar-refractivity contribution is 0.0687. The highest BCUT2D eigenvalue weighted by atomic mass is 32.2. The van der Waals surface area contributed by atoms with Crippen LogP contribution in [0.1, 0.15) is 10.5 Å². The molecule has 0 spiro atoms. The number of rotatable bonds is 2. The van der Waals surface area contributed by atoms with E-state index in [-0.39, 0.29) is 5.69 Å². The zero-order chi connectivity index (χ0) is 8.43. The number of carboxylic acids is 1. The van der Waals surface area contributed by atoms with Crippen molar-refractivity contribution in [1.82, 2.24) is 4.98 Å². The van der Waals surface area contributed by atoms with Crippen molar-refractivity contribution in [3.8, 4) is 0 Å². The number of nitrogens with one attached hydrogen (secondary N) is 1. The summed E-state index contributed by atoms with van der Waals surface area (Å²) < 4.78 is 0. The summed E-state index contributed by atoms with van der Waals surface area (Å²) >= 11 is 1.32. The van der Waals surface area contributed by atoms with Gasteiger partial charge in [0.25, 0.3) is 0 Å². The van der Waals surface area contributed by atoms with Gasteiger partial charge in [0.05, 0.1) is 10.6 Å². The molecular formula is C6H8N2O2S. The number of thioether (sulfide) groups is 1. The van der Waals surface area contributed by atoms with Gasteiger partial charge in [0.15, 0.2) is 0 Å². The molecular weight excluding hydrogens is 164 g/mol. The minimum absolute atomic E-state index is 0.162. The lowest BCUT2D eigenvalue weighted by Gasteiger charge is -1.94. The Kier molecular flexibility index (Phi) is 2.09. The van der Waals surface area contributed by atoms with E-state index in [0.29, 0.717) is 10.6 Å². The fourth-order valence-electron chi connectivity index (χ4n) is 0.804. The zero-order valence-corrected chi connectivity index (χ0v) is 6.73. The molecule has 1 rings (SSSR count). The molecule has 0 saturated heterocycles. The number of nitrogens with two attached hydrogens (primary N) is 1. The molecule has 0 aliphatic rings. The fourth-order valence-corrected chi connectivity index (χ4v) is 1.45. The van der Waals surface area contributed by atoms with Gasteiger partial charge in [-0.25, -0.2) is 4.79 Å². The molecule has 5 heteroatoms. The van der Waals surface area contributed by atoms with Crippen molar-refractivity contribution in [3.63, 3.8) is 0 Å². The summed E-state index contributed by atoms with van der Waals surface area (Å²) in [5, 5.41) is 8.61. The fraction of sp³-hybridized carbons (Fsp3) is 0.167. The van der Waals surface area contributed by atoms with Crippen molar-refractivity contribution >= 4 is 23.4 Å². The van der Waals surface area contributed by atoms with Crippen LogP contribution in [0.5, 0.6) is 0 Å². The summed E-state index contributed by atoms with van der Waals surface area (Å²) in [5.74, 6) is -0.981. The van der Waals surface area contributed by atoms with E-state index in [1.165, 1.54) is 18.0 Å². The predicted molar refractivity (Wildman–Crippen MR) is 43.9 cm³/mol. The second kappa shape index (κ2) is 2.87. The molecule has 0 radical (unpaired) electrons. The second-order valence-corrected chi connectivity index (χ2v) is 2.77. The molecule has 4 nitrogen and oxygen atoms in total. The van der Waals surface area contributed by atoms with Crippen LogP contribution < -0.4 is 5.73 Å². The van der Waals surface area contributed by atoms with E-state index in [2.05, 4.69) is 4.98 Å². The van der Waals surface area contributed by atoms with Crippen LogP contribution in [0, 0.1) is 0 Å². The first-order valence-corrected chi connectivity index (χ1v) is 4.13. The van der Waals surface area contributed by atoms with Crippen molar-refractivity contribution < 1.29 is 9.90 Å². The van der Waals surface area contributed by atoms with Gasteiger partial charge < -0.3 is 15.8 Å². The molecule has 60 valence electrons. The number of aromatic carboxylic acids is 1. The van der Waals surface area contributed by atoms with Crippen molar-refractivity contribution in [2.24, 2.45) is 0 Å². The monoisotopic (exact) mass is 172 g/mol. The van der Waals surface area contributed by atoms with E-state index >= 15 is 0 Å². The molecule has 11 heavy (non-hydrogen) atoms. The van der Waals surface area contributed by atoms with Gasteiger partial charge in [-0.3, -0.25) is 0 Å². The van der Waals surface area contributed by atoms with Crippen molar-refractivity contribution in [1.29, 1.82) is 0 Å². The number of nitrogen functional groups attached to an aromatic ring is 1. The molecule has 0 bridgehead atoms. The standard InChI is InChI=1S/C6H8N2O2S/c1-11-5-3(7)2-8-4(5)6(9)10/h2,8H,7H2,1H3,(H,9,10). The number of hydrogen-bond acceptors (Lipinski definition) is 3. The van der Waals surface area contributed by atoms with Gasteiger partial charge >= 0.3 is 5.97 Å². The van der Waals surface area contributed by atoms with Crippen LogP contribution in [0.4, 0.5) is 5.69 Å². The molecule has 0 saturated carbocycles. The number of aromatic nitrogens is 1. The van der Waals surface area contributed by atoms with E-state index in [1.54, 1.807) is 6.26 Å². The first kappa shape index (κ1) is 8.00. The van der Waals surface area contributed by atoms with Crippen LogP contribution in [-0.4, -0.2) is 22.3 Å². The summed E-state index contributed by atoms with van der Waals surface area (Å²) in [7, 11) is 0. The lowest BCUT2D eigenvalue weighted by Crippen LogP contribution is -1.98. The van der Waals surface area contributed by atoms with Crippen LogP contribution in [0.15, 0.2) is 11.1 Å². The minimum atomic E-state index is -0.981. The van der Waals surface area contributed by atoms with E-state index < -0.39 is 5.97 Å². The average Bonchev–Trinajstić information content (AvgIpc) is 2.30. The molecule has 1 heterocycles. The number of carbonyl (C=O) groups is 1. The van der Waals surface area contributed by atoms with Gasteiger partial charge in [-0.05, 0) is 6.26 Å². The molecule has 4 N–H and O–H groups in total. The van der Waals surface area contributed by atoms with Crippen LogP contribution in [-0.2, 0) is 0 Å². The second-order valence-electron chi connectivity index (χ2n) is 1.96. The summed E-state index contributed by atoms with van der Waals surface area (Å²) in [4.78, 5) is 13.7. The maximum Gasteiger partial charge on any atom is 0.353 e. The molecule has 0 unspecified atom stereocenters. The highest BCUT2D eigenvalue weighted by Crippen LogP contribution is 2.26. The highest BCUT2D eigenvalue weighted by molar-refractivity contribution is 7.98. The van der Waals surface area contributed by atoms with E-state index in [9.17, 15) is 4.79 Å². The Morgan fingerprint density at radius 1 is 1.82 bits per heavy atom. The number of carboxylic acid groups (broad SMARTS) is 1. The van der Waals surface area contributed by atoms with Gasteiger partial charge in [0.2, 0.25) is 0 Å². The molecule has 0 amide bonds. The van der Waals surface area contributed by atoms with Gasteiger partial charge in [-0.15, -0.1) is 11.8 Å². The first-order chi connectivity index (χ1) is 5.16. The molecule has 0 atom stereocenters. The minimum Gasteiger partial charge on any atom is -0.477 e. The third-order valence-electron chi connectivity index (χ3n) is 1.28. The largest absolute Gasteiger partial charge is 0.477 e. The maximum absolute atomic E-state index is 10.5. The first-order valence-electron chi connectivity index (χ1n) is 2.91. The molecule has 0 fully saturated rings. The van der Waals surface area contributed by atoms with Gasteiger partial charge in [0.1, 0.15) is 5.69 Å². The zero-order valence-electron chi connectivity index (χ0n) is 5.92. The van der Waals surface area contributed by atoms with Crippen molar-refractivity contribution in [3.05, 3.63) is 11.9 Å². The van der Waals surface area contributed by atoms with Crippen molar-refractivity contribution in [2.75, 3.05) is 12.0 Å². The van der Waals surface area contributed by atoms with E-state index in [1.807, 2.05) is 0 Å². The smallest absolute Gasteiger partial charge is 0.353 e. The Morgan fingerprint density at radius 2 is 2.45 bits per heavy atom. The van der Waals surface area contributed by atoms with Crippen molar-refractivity contribution in [2.45, 2.75) is 4.90 Å².